The standard InChI is InChI=1S/C21H39N5O6/c1-12(2)11-15(21(31)32)25-18(28)14(7-4-5-9-22)24-19(29)16-8-6-10-26(16)20(30)17(23)13(3)27/h12-17,27H,4-11,22-23H2,1-3H3,(H,24,29)(H,25,28)(H,31,32). The fourth-order valence-corrected chi connectivity index (χ4v) is 3.70. The van der Waals surface area contributed by atoms with Gasteiger partial charge in [0.2, 0.25) is 17.7 Å². The van der Waals surface area contributed by atoms with E-state index in [0.717, 1.165) is 0 Å². The van der Waals surface area contributed by atoms with Crippen LogP contribution in [0.2, 0.25) is 0 Å². The van der Waals surface area contributed by atoms with Crippen LogP contribution in [0, 0.1) is 5.92 Å². The van der Waals surface area contributed by atoms with Gasteiger partial charge in [-0.3, -0.25) is 14.4 Å². The normalized spacial score (nSPS) is 19.8. The van der Waals surface area contributed by atoms with Gasteiger partial charge in [0.15, 0.2) is 0 Å². The van der Waals surface area contributed by atoms with Gasteiger partial charge in [-0.1, -0.05) is 13.8 Å². The molecule has 0 aromatic carbocycles. The molecule has 1 aliphatic rings. The molecule has 1 aliphatic heterocycles. The Hall–Kier alpha value is -2.24. The Labute approximate surface area is 189 Å². The molecule has 1 rings (SSSR count). The minimum absolute atomic E-state index is 0.0536. The average Bonchev–Trinajstić information content (AvgIpc) is 3.20. The SMILES string of the molecule is CC(C)CC(NC(=O)C(CCCCN)NC(=O)C1CCCN1C(=O)C(N)C(C)O)C(=O)O. The van der Waals surface area contributed by atoms with Gasteiger partial charge in [-0.15, -0.1) is 0 Å². The van der Waals surface area contributed by atoms with Crippen LogP contribution in [-0.2, 0) is 19.2 Å². The lowest BCUT2D eigenvalue weighted by Gasteiger charge is -2.29. The van der Waals surface area contributed by atoms with Crippen LogP contribution in [-0.4, -0.2) is 82.2 Å². The number of aliphatic hydroxyl groups is 1. The summed E-state index contributed by atoms with van der Waals surface area (Å²) < 4.78 is 0. The van der Waals surface area contributed by atoms with E-state index < -0.39 is 54.0 Å². The maximum absolute atomic E-state index is 13.0. The third-order valence-electron chi connectivity index (χ3n) is 5.54. The fraction of sp³-hybridized carbons (Fsp3) is 0.810. The Bertz CT molecular complexity index is 657. The molecule has 5 unspecified atom stereocenters. The predicted molar refractivity (Wildman–Crippen MR) is 118 cm³/mol. The summed E-state index contributed by atoms with van der Waals surface area (Å²) in [7, 11) is 0. The van der Waals surface area contributed by atoms with Crippen molar-refractivity contribution in [2.24, 2.45) is 17.4 Å². The number of nitrogens with zero attached hydrogens (tertiary/aromatic N) is 1. The predicted octanol–water partition coefficient (Wildman–Crippen LogP) is -1.09. The van der Waals surface area contributed by atoms with Gasteiger partial charge in [0.25, 0.3) is 0 Å². The van der Waals surface area contributed by atoms with Crippen LogP contribution in [0.4, 0.5) is 0 Å². The number of carbonyl (C=O) groups excluding carboxylic acids is 3. The fourth-order valence-electron chi connectivity index (χ4n) is 3.70. The Kier molecular flexibility index (Phi) is 11.6. The molecular weight excluding hydrogens is 418 g/mol. The van der Waals surface area contributed by atoms with Gasteiger partial charge < -0.3 is 37.2 Å². The molecule has 32 heavy (non-hydrogen) atoms. The molecule has 1 saturated heterocycles. The van der Waals surface area contributed by atoms with E-state index in [2.05, 4.69) is 10.6 Å². The number of nitrogens with two attached hydrogens (primary N) is 2. The third kappa shape index (κ3) is 8.36. The minimum Gasteiger partial charge on any atom is -0.480 e. The number of hydrogen-bond acceptors (Lipinski definition) is 7. The highest BCUT2D eigenvalue weighted by molar-refractivity contribution is 5.94. The number of unbranched alkanes of at least 4 members (excludes halogenated alkanes) is 1. The van der Waals surface area contributed by atoms with E-state index in [1.165, 1.54) is 11.8 Å². The third-order valence-corrected chi connectivity index (χ3v) is 5.54. The number of aliphatic hydroxyl groups excluding tert-OH is 1. The highest BCUT2D eigenvalue weighted by Gasteiger charge is 2.38. The number of aliphatic carboxylic acids is 1. The van der Waals surface area contributed by atoms with Crippen molar-refractivity contribution < 1.29 is 29.4 Å². The molecule has 3 amide bonds. The summed E-state index contributed by atoms with van der Waals surface area (Å²) in [6, 6.07) is -3.96. The van der Waals surface area contributed by atoms with Crippen molar-refractivity contribution in [3.8, 4) is 0 Å². The lowest BCUT2D eigenvalue weighted by atomic mass is 10.0. The highest BCUT2D eigenvalue weighted by atomic mass is 16.4. The number of amides is 3. The van der Waals surface area contributed by atoms with Gasteiger partial charge in [-0.25, -0.2) is 4.79 Å². The number of hydrogen-bond donors (Lipinski definition) is 6. The van der Waals surface area contributed by atoms with Gasteiger partial charge in [0.1, 0.15) is 24.2 Å². The van der Waals surface area contributed by atoms with Crippen molar-refractivity contribution in [3.05, 3.63) is 0 Å². The van der Waals surface area contributed by atoms with Crippen LogP contribution in [0.3, 0.4) is 0 Å². The van der Waals surface area contributed by atoms with Crippen molar-refractivity contribution in [1.29, 1.82) is 0 Å². The van der Waals surface area contributed by atoms with Crippen LogP contribution in [0.25, 0.3) is 0 Å². The van der Waals surface area contributed by atoms with E-state index in [9.17, 15) is 29.4 Å². The van der Waals surface area contributed by atoms with Crippen molar-refractivity contribution in [2.75, 3.05) is 13.1 Å². The van der Waals surface area contributed by atoms with Gasteiger partial charge in [0, 0.05) is 6.54 Å². The van der Waals surface area contributed by atoms with Gasteiger partial charge >= 0.3 is 5.97 Å². The molecule has 0 saturated carbocycles. The van der Waals surface area contributed by atoms with E-state index in [-0.39, 0.29) is 18.8 Å². The first-order valence-electron chi connectivity index (χ1n) is 11.3. The van der Waals surface area contributed by atoms with E-state index in [1.807, 2.05) is 13.8 Å². The Balaban J connectivity index is 2.92. The zero-order valence-electron chi connectivity index (χ0n) is 19.3. The smallest absolute Gasteiger partial charge is 0.326 e. The maximum Gasteiger partial charge on any atom is 0.326 e. The minimum atomic E-state index is -1.14. The molecule has 11 heteroatoms. The molecule has 0 aromatic heterocycles. The molecule has 0 spiro atoms. The quantitative estimate of drug-likeness (QED) is 0.188. The molecule has 0 aromatic rings. The zero-order valence-corrected chi connectivity index (χ0v) is 19.3. The summed E-state index contributed by atoms with van der Waals surface area (Å²) in [5.74, 6) is -2.70. The summed E-state index contributed by atoms with van der Waals surface area (Å²) in [6.45, 7) is 5.87. The number of carboxylic acids is 1. The molecule has 0 aliphatic carbocycles. The Morgan fingerprint density at radius 2 is 1.75 bits per heavy atom. The molecule has 0 bridgehead atoms. The zero-order chi connectivity index (χ0) is 24.4. The molecule has 1 heterocycles. The van der Waals surface area contributed by atoms with Crippen LogP contribution >= 0.6 is 0 Å². The molecule has 1 fully saturated rings. The molecule has 5 atom stereocenters. The van der Waals surface area contributed by atoms with Crippen LogP contribution in [0.15, 0.2) is 0 Å². The van der Waals surface area contributed by atoms with Gasteiger partial charge in [-0.2, -0.15) is 0 Å². The molecule has 11 nitrogen and oxygen atoms in total. The highest BCUT2D eigenvalue weighted by Crippen LogP contribution is 2.19. The number of rotatable bonds is 13. The van der Waals surface area contributed by atoms with Crippen molar-refractivity contribution in [2.45, 2.75) is 89.6 Å². The topological polar surface area (TPSA) is 188 Å². The number of carboxylic acid groups (broad SMARTS) is 1. The number of nitrogens with one attached hydrogen (secondary N) is 2. The first-order chi connectivity index (χ1) is 15.0. The summed E-state index contributed by atoms with van der Waals surface area (Å²) >= 11 is 0. The monoisotopic (exact) mass is 457 g/mol. The second kappa shape index (κ2) is 13.3. The second-order valence-corrected chi connectivity index (χ2v) is 8.83. The molecular formula is C21H39N5O6. The lowest BCUT2D eigenvalue weighted by molar-refractivity contribution is -0.144. The molecule has 184 valence electrons. The van der Waals surface area contributed by atoms with Crippen molar-refractivity contribution >= 4 is 23.7 Å². The number of carbonyl (C=O) groups is 4. The average molecular weight is 458 g/mol. The molecule has 0 radical (unpaired) electrons. The summed E-state index contributed by atoms with van der Waals surface area (Å²) in [4.78, 5) is 51.2. The van der Waals surface area contributed by atoms with Crippen LogP contribution in [0.1, 0.15) is 59.3 Å². The first kappa shape index (κ1) is 27.8. The van der Waals surface area contributed by atoms with Crippen LogP contribution < -0.4 is 22.1 Å². The Morgan fingerprint density at radius 3 is 2.28 bits per heavy atom. The molecule has 8 N–H and O–H groups in total. The summed E-state index contributed by atoms with van der Waals surface area (Å²) in [5.41, 5.74) is 11.3. The van der Waals surface area contributed by atoms with E-state index in [0.29, 0.717) is 38.8 Å². The van der Waals surface area contributed by atoms with E-state index in [4.69, 9.17) is 11.5 Å². The van der Waals surface area contributed by atoms with E-state index >= 15 is 0 Å². The Morgan fingerprint density at radius 1 is 1.09 bits per heavy atom. The maximum atomic E-state index is 13.0. The van der Waals surface area contributed by atoms with Crippen molar-refractivity contribution in [3.63, 3.8) is 0 Å². The van der Waals surface area contributed by atoms with E-state index in [1.54, 1.807) is 0 Å². The van der Waals surface area contributed by atoms with Gasteiger partial charge in [0.05, 0.1) is 6.10 Å². The van der Waals surface area contributed by atoms with Gasteiger partial charge in [-0.05, 0) is 57.9 Å². The first-order valence-corrected chi connectivity index (χ1v) is 11.3. The lowest BCUT2D eigenvalue weighted by Crippen LogP contribution is -2.57. The summed E-state index contributed by atoms with van der Waals surface area (Å²) in [5, 5.41) is 24.2. The number of likely N-dealkylation sites (tertiary alicyclic amines) is 1. The second-order valence-electron chi connectivity index (χ2n) is 8.83. The van der Waals surface area contributed by atoms with Crippen LogP contribution in [0.5, 0.6) is 0 Å². The largest absolute Gasteiger partial charge is 0.480 e. The summed E-state index contributed by atoms with van der Waals surface area (Å²) in [6.07, 6.45) is 1.70. The van der Waals surface area contributed by atoms with Crippen molar-refractivity contribution in [1.82, 2.24) is 15.5 Å².